The van der Waals surface area contributed by atoms with E-state index >= 15 is 0 Å². The highest BCUT2D eigenvalue weighted by Gasteiger charge is 2.31. The lowest BCUT2D eigenvalue weighted by Gasteiger charge is -2.25. The minimum absolute atomic E-state index is 0.0343. The van der Waals surface area contributed by atoms with E-state index in [1.807, 2.05) is 19.1 Å². The van der Waals surface area contributed by atoms with Gasteiger partial charge in [-0.3, -0.25) is 9.59 Å². The summed E-state index contributed by atoms with van der Waals surface area (Å²) in [7, 11) is 0. The van der Waals surface area contributed by atoms with Gasteiger partial charge in [0, 0.05) is 19.5 Å². The first-order valence-electron chi connectivity index (χ1n) is 8.74. The van der Waals surface area contributed by atoms with Gasteiger partial charge in [-0.05, 0) is 35.6 Å². The van der Waals surface area contributed by atoms with Gasteiger partial charge in [-0.25, -0.2) is 0 Å². The van der Waals surface area contributed by atoms with Gasteiger partial charge < -0.3 is 10.2 Å². The first kappa shape index (κ1) is 16.5. The Morgan fingerprint density at radius 2 is 2.00 bits per heavy atom. The lowest BCUT2D eigenvalue weighted by Crippen LogP contribution is -2.47. The van der Waals surface area contributed by atoms with Gasteiger partial charge >= 0.3 is 0 Å². The van der Waals surface area contributed by atoms with E-state index in [1.165, 1.54) is 16.3 Å². The molecule has 2 amide bonds. The van der Waals surface area contributed by atoms with Crippen molar-refractivity contribution in [3.05, 3.63) is 48.0 Å². The molecule has 0 spiro atoms. The molecule has 0 radical (unpaired) electrons. The van der Waals surface area contributed by atoms with Crippen LogP contribution in [0.25, 0.3) is 10.8 Å². The molecular formula is C20H24N2O2. The maximum atomic E-state index is 12.5. The Balaban J connectivity index is 1.60. The second-order valence-corrected chi connectivity index (χ2v) is 6.29. The summed E-state index contributed by atoms with van der Waals surface area (Å²) in [6.07, 6.45) is 2.88. The summed E-state index contributed by atoms with van der Waals surface area (Å²) in [5.41, 5.74) is 1.23. The van der Waals surface area contributed by atoms with Crippen molar-refractivity contribution in [2.75, 3.05) is 13.1 Å². The van der Waals surface area contributed by atoms with Crippen molar-refractivity contribution in [3.8, 4) is 0 Å². The van der Waals surface area contributed by atoms with Crippen LogP contribution in [0.2, 0.25) is 0 Å². The molecule has 126 valence electrons. The molecule has 24 heavy (non-hydrogen) atoms. The normalized spacial score (nSPS) is 15.7. The standard InChI is InChI=1S/C20H24N2O2/c1-2-18(22-14-6-11-19(22)23)20(24)21-13-12-16-9-5-8-15-7-3-4-10-17(15)16/h3-5,7-10,18H,2,6,11-14H2,1H3,(H,21,24)/t18-/m1/s1. The van der Waals surface area contributed by atoms with Gasteiger partial charge in [0.2, 0.25) is 11.8 Å². The summed E-state index contributed by atoms with van der Waals surface area (Å²) in [4.78, 5) is 26.1. The Morgan fingerprint density at radius 1 is 1.21 bits per heavy atom. The number of nitrogens with zero attached hydrogens (tertiary/aromatic N) is 1. The molecule has 2 aromatic carbocycles. The van der Waals surface area contributed by atoms with Crippen LogP contribution in [-0.4, -0.2) is 35.8 Å². The van der Waals surface area contributed by atoms with Gasteiger partial charge in [-0.2, -0.15) is 0 Å². The fraction of sp³-hybridized carbons (Fsp3) is 0.400. The zero-order chi connectivity index (χ0) is 16.9. The van der Waals surface area contributed by atoms with Gasteiger partial charge in [0.25, 0.3) is 0 Å². The first-order chi connectivity index (χ1) is 11.7. The summed E-state index contributed by atoms with van der Waals surface area (Å²) in [5, 5.41) is 5.46. The Labute approximate surface area is 142 Å². The number of hydrogen-bond donors (Lipinski definition) is 1. The summed E-state index contributed by atoms with van der Waals surface area (Å²) in [5.74, 6) is 0.0686. The van der Waals surface area contributed by atoms with Gasteiger partial charge in [-0.1, -0.05) is 49.4 Å². The zero-order valence-corrected chi connectivity index (χ0v) is 14.1. The molecule has 1 N–H and O–H groups in total. The maximum absolute atomic E-state index is 12.5. The minimum Gasteiger partial charge on any atom is -0.354 e. The fourth-order valence-electron chi connectivity index (χ4n) is 3.49. The summed E-state index contributed by atoms with van der Waals surface area (Å²) in [6, 6.07) is 14.2. The third-order valence-electron chi connectivity index (χ3n) is 4.75. The van der Waals surface area contributed by atoms with Crippen LogP contribution in [0.1, 0.15) is 31.7 Å². The van der Waals surface area contributed by atoms with E-state index in [1.54, 1.807) is 4.90 Å². The number of carbonyl (C=O) groups excluding carboxylic acids is 2. The van der Waals surface area contributed by atoms with Crippen LogP contribution in [-0.2, 0) is 16.0 Å². The number of nitrogens with one attached hydrogen (secondary N) is 1. The number of benzene rings is 2. The van der Waals surface area contributed by atoms with Gasteiger partial charge in [-0.15, -0.1) is 0 Å². The SMILES string of the molecule is CC[C@H](C(=O)NCCc1cccc2ccccc12)N1CCCC1=O. The Kier molecular flexibility index (Phi) is 5.14. The van der Waals surface area contributed by atoms with E-state index in [0.29, 0.717) is 25.9 Å². The lowest BCUT2D eigenvalue weighted by molar-refractivity contribution is -0.137. The van der Waals surface area contributed by atoms with Crippen LogP contribution >= 0.6 is 0 Å². The Hall–Kier alpha value is -2.36. The highest BCUT2D eigenvalue weighted by atomic mass is 16.2. The predicted molar refractivity (Wildman–Crippen MR) is 95.7 cm³/mol. The van der Waals surface area contributed by atoms with Crippen LogP contribution in [0.15, 0.2) is 42.5 Å². The third kappa shape index (κ3) is 3.42. The van der Waals surface area contributed by atoms with Crippen molar-refractivity contribution in [1.82, 2.24) is 10.2 Å². The van der Waals surface area contributed by atoms with Crippen molar-refractivity contribution >= 4 is 22.6 Å². The number of amides is 2. The predicted octanol–water partition coefficient (Wildman–Crippen LogP) is 2.90. The van der Waals surface area contributed by atoms with Crippen LogP contribution in [0.5, 0.6) is 0 Å². The van der Waals surface area contributed by atoms with E-state index < -0.39 is 0 Å². The summed E-state index contributed by atoms with van der Waals surface area (Å²) >= 11 is 0. The van der Waals surface area contributed by atoms with Crippen molar-refractivity contribution < 1.29 is 9.59 Å². The maximum Gasteiger partial charge on any atom is 0.242 e. The molecular weight excluding hydrogens is 300 g/mol. The van der Waals surface area contributed by atoms with Gasteiger partial charge in [0.05, 0.1) is 0 Å². The molecule has 1 aliphatic rings. The molecule has 0 saturated carbocycles. The molecule has 0 aromatic heterocycles. The molecule has 2 aromatic rings. The Bertz CT molecular complexity index is 736. The van der Waals surface area contributed by atoms with Crippen molar-refractivity contribution in [3.63, 3.8) is 0 Å². The monoisotopic (exact) mass is 324 g/mol. The molecule has 1 aliphatic heterocycles. The second-order valence-electron chi connectivity index (χ2n) is 6.29. The summed E-state index contributed by atoms with van der Waals surface area (Å²) in [6.45, 7) is 3.25. The van der Waals surface area contributed by atoms with E-state index in [2.05, 4.69) is 35.6 Å². The highest BCUT2D eigenvalue weighted by molar-refractivity contribution is 5.89. The molecule has 1 fully saturated rings. The van der Waals surface area contributed by atoms with E-state index in [0.717, 1.165) is 12.8 Å². The number of fused-ring (bicyclic) bond motifs is 1. The number of rotatable bonds is 6. The molecule has 1 saturated heterocycles. The van der Waals surface area contributed by atoms with E-state index in [-0.39, 0.29) is 17.9 Å². The average molecular weight is 324 g/mol. The second kappa shape index (κ2) is 7.47. The zero-order valence-electron chi connectivity index (χ0n) is 14.1. The quantitative estimate of drug-likeness (QED) is 0.888. The largest absolute Gasteiger partial charge is 0.354 e. The van der Waals surface area contributed by atoms with Crippen molar-refractivity contribution in [2.24, 2.45) is 0 Å². The third-order valence-corrected chi connectivity index (χ3v) is 4.75. The van der Waals surface area contributed by atoms with Crippen LogP contribution in [0, 0.1) is 0 Å². The average Bonchev–Trinajstić information content (AvgIpc) is 3.02. The molecule has 0 bridgehead atoms. The van der Waals surface area contributed by atoms with Crippen LogP contribution in [0.4, 0.5) is 0 Å². The highest BCUT2D eigenvalue weighted by Crippen LogP contribution is 2.19. The Morgan fingerprint density at radius 3 is 2.75 bits per heavy atom. The molecule has 4 heteroatoms. The smallest absolute Gasteiger partial charge is 0.242 e. The molecule has 1 atom stereocenters. The van der Waals surface area contributed by atoms with Gasteiger partial charge in [0.1, 0.15) is 6.04 Å². The van der Waals surface area contributed by atoms with Gasteiger partial charge in [0.15, 0.2) is 0 Å². The van der Waals surface area contributed by atoms with E-state index in [9.17, 15) is 9.59 Å². The summed E-state index contributed by atoms with van der Waals surface area (Å²) < 4.78 is 0. The molecule has 4 nitrogen and oxygen atoms in total. The molecule has 0 aliphatic carbocycles. The fourth-order valence-corrected chi connectivity index (χ4v) is 3.49. The molecule has 3 rings (SSSR count). The topological polar surface area (TPSA) is 49.4 Å². The van der Waals surface area contributed by atoms with E-state index in [4.69, 9.17) is 0 Å². The minimum atomic E-state index is -0.326. The number of hydrogen-bond acceptors (Lipinski definition) is 2. The first-order valence-corrected chi connectivity index (χ1v) is 8.74. The van der Waals surface area contributed by atoms with Crippen molar-refractivity contribution in [1.29, 1.82) is 0 Å². The lowest BCUT2D eigenvalue weighted by atomic mass is 10.0. The molecule has 1 heterocycles. The van der Waals surface area contributed by atoms with Crippen LogP contribution in [0.3, 0.4) is 0 Å². The number of carbonyl (C=O) groups is 2. The molecule has 0 unspecified atom stereocenters. The van der Waals surface area contributed by atoms with Crippen LogP contribution < -0.4 is 5.32 Å². The number of likely N-dealkylation sites (tertiary alicyclic amines) is 1. The van der Waals surface area contributed by atoms with Crippen molar-refractivity contribution in [2.45, 2.75) is 38.6 Å².